The van der Waals surface area contributed by atoms with Crippen LogP contribution in [0.3, 0.4) is 0 Å². The van der Waals surface area contributed by atoms with Gasteiger partial charge in [-0.05, 0) is 19.1 Å². The second kappa shape index (κ2) is 6.65. The van der Waals surface area contributed by atoms with Gasteiger partial charge in [-0.3, -0.25) is 4.79 Å². The van der Waals surface area contributed by atoms with Gasteiger partial charge in [0.2, 0.25) is 0 Å². The zero-order valence-electron chi connectivity index (χ0n) is 9.49. The van der Waals surface area contributed by atoms with Gasteiger partial charge in [-0.25, -0.2) is 0 Å². The Kier molecular flexibility index (Phi) is 5.49. The van der Waals surface area contributed by atoms with Crippen molar-refractivity contribution in [2.75, 3.05) is 0 Å². The second-order valence-corrected chi connectivity index (χ2v) is 4.49. The second-order valence-electron chi connectivity index (χ2n) is 3.57. The fraction of sp³-hybridized carbons (Fsp3) is 0.364. The molecular formula is C11H12BrF2NO3. The van der Waals surface area contributed by atoms with Crippen LogP contribution in [0, 0.1) is 0 Å². The molecule has 1 aromatic rings. The first-order valence-electron chi connectivity index (χ1n) is 5.09. The number of benzene rings is 1. The first kappa shape index (κ1) is 14.8. The fourth-order valence-corrected chi connectivity index (χ4v) is 1.57. The Hall–Kier alpha value is -1.21. The van der Waals surface area contributed by atoms with Crippen LogP contribution in [0.2, 0.25) is 0 Å². The molecule has 7 heteroatoms. The number of halogens is 3. The summed E-state index contributed by atoms with van der Waals surface area (Å²) in [7, 11) is 0. The monoisotopic (exact) mass is 323 g/mol. The maximum Gasteiger partial charge on any atom is 0.387 e. The van der Waals surface area contributed by atoms with Gasteiger partial charge in [0.05, 0.1) is 0 Å². The maximum atomic E-state index is 12.2. The van der Waals surface area contributed by atoms with Crippen LogP contribution in [0.15, 0.2) is 22.7 Å². The third kappa shape index (κ3) is 4.58. The van der Waals surface area contributed by atoms with Crippen molar-refractivity contribution in [3.8, 4) is 5.75 Å². The number of aliphatic carboxylic acids is 1. The van der Waals surface area contributed by atoms with Gasteiger partial charge in [0.1, 0.15) is 11.8 Å². The number of ether oxygens (including phenoxy) is 1. The van der Waals surface area contributed by atoms with Gasteiger partial charge >= 0.3 is 12.6 Å². The summed E-state index contributed by atoms with van der Waals surface area (Å²) in [4.78, 5) is 10.6. The predicted molar refractivity (Wildman–Crippen MR) is 64.7 cm³/mol. The summed E-state index contributed by atoms with van der Waals surface area (Å²) in [5, 5.41) is 11.4. The third-order valence-corrected chi connectivity index (χ3v) is 2.71. The molecule has 0 amide bonds. The van der Waals surface area contributed by atoms with E-state index in [2.05, 4.69) is 26.0 Å². The zero-order chi connectivity index (χ0) is 13.7. The van der Waals surface area contributed by atoms with Crippen molar-refractivity contribution < 1.29 is 23.4 Å². The number of hydrogen-bond acceptors (Lipinski definition) is 3. The summed E-state index contributed by atoms with van der Waals surface area (Å²) in [6.45, 7) is -1.33. The van der Waals surface area contributed by atoms with E-state index in [9.17, 15) is 13.6 Å². The van der Waals surface area contributed by atoms with Crippen LogP contribution in [0.5, 0.6) is 5.75 Å². The van der Waals surface area contributed by atoms with E-state index >= 15 is 0 Å². The van der Waals surface area contributed by atoms with Crippen molar-refractivity contribution in [3.05, 3.63) is 28.2 Å². The van der Waals surface area contributed by atoms with E-state index in [0.29, 0.717) is 10.0 Å². The molecule has 2 N–H and O–H groups in total. The van der Waals surface area contributed by atoms with E-state index in [4.69, 9.17) is 5.11 Å². The molecule has 0 unspecified atom stereocenters. The van der Waals surface area contributed by atoms with Crippen LogP contribution in [0.1, 0.15) is 12.5 Å². The number of nitrogens with one attached hydrogen (secondary N) is 1. The Bertz CT molecular complexity index is 429. The Labute approximate surface area is 111 Å². The topological polar surface area (TPSA) is 58.6 Å². The van der Waals surface area contributed by atoms with E-state index < -0.39 is 18.6 Å². The molecule has 0 heterocycles. The van der Waals surface area contributed by atoms with E-state index in [1.807, 2.05) is 0 Å². The van der Waals surface area contributed by atoms with Crippen LogP contribution in [-0.2, 0) is 11.3 Å². The fourth-order valence-electron chi connectivity index (χ4n) is 1.23. The molecule has 1 rings (SSSR count). The number of alkyl halides is 2. The lowest BCUT2D eigenvalue weighted by Crippen LogP contribution is -2.33. The highest BCUT2D eigenvalue weighted by Gasteiger charge is 2.13. The molecule has 1 aromatic carbocycles. The van der Waals surface area contributed by atoms with Gasteiger partial charge < -0.3 is 15.2 Å². The van der Waals surface area contributed by atoms with Crippen molar-refractivity contribution in [2.24, 2.45) is 0 Å². The lowest BCUT2D eigenvalue weighted by Gasteiger charge is -2.13. The van der Waals surface area contributed by atoms with E-state index in [1.54, 1.807) is 12.1 Å². The van der Waals surface area contributed by atoms with Gasteiger partial charge in [-0.15, -0.1) is 0 Å². The van der Waals surface area contributed by atoms with Gasteiger partial charge in [-0.1, -0.05) is 22.0 Å². The molecule has 0 aliphatic heterocycles. The van der Waals surface area contributed by atoms with Crippen molar-refractivity contribution in [1.82, 2.24) is 5.32 Å². The molecule has 1 atom stereocenters. The molecule has 0 aliphatic carbocycles. The summed E-state index contributed by atoms with van der Waals surface area (Å²) in [5.74, 6) is -0.993. The largest absolute Gasteiger partial charge is 0.480 e. The Balaban J connectivity index is 2.77. The van der Waals surface area contributed by atoms with Gasteiger partial charge in [0.15, 0.2) is 0 Å². The van der Waals surface area contributed by atoms with Crippen LogP contribution in [0.4, 0.5) is 8.78 Å². The minimum Gasteiger partial charge on any atom is -0.480 e. The molecule has 0 aromatic heterocycles. The summed E-state index contributed by atoms with van der Waals surface area (Å²) in [6.07, 6.45) is 0. The van der Waals surface area contributed by atoms with E-state index in [1.165, 1.54) is 13.0 Å². The van der Waals surface area contributed by atoms with Gasteiger partial charge in [0.25, 0.3) is 0 Å². The number of hydrogen-bond donors (Lipinski definition) is 2. The molecule has 0 saturated heterocycles. The molecule has 0 bridgehead atoms. The summed E-state index contributed by atoms with van der Waals surface area (Å²) in [5.41, 5.74) is 0.464. The molecule has 4 nitrogen and oxygen atoms in total. The average molecular weight is 324 g/mol. The number of carboxylic acid groups (broad SMARTS) is 1. The summed E-state index contributed by atoms with van der Waals surface area (Å²) < 4.78 is 29.4. The molecule has 0 aliphatic rings. The van der Waals surface area contributed by atoms with Crippen molar-refractivity contribution in [3.63, 3.8) is 0 Å². The van der Waals surface area contributed by atoms with Gasteiger partial charge in [0, 0.05) is 16.6 Å². The van der Waals surface area contributed by atoms with Crippen LogP contribution in [0.25, 0.3) is 0 Å². The molecule has 0 saturated carbocycles. The molecule has 0 spiro atoms. The predicted octanol–water partition coefficient (Wildman–Crippen LogP) is 2.61. The standard InChI is InChI=1S/C11H12BrF2NO3/c1-6(10(16)17)15-5-7-2-3-8(12)4-9(7)18-11(13)14/h2-4,6,11,15H,5H2,1H3,(H,16,17)/t6-/m1/s1. The maximum absolute atomic E-state index is 12.2. The highest BCUT2D eigenvalue weighted by atomic mass is 79.9. The first-order valence-corrected chi connectivity index (χ1v) is 5.89. The Morgan fingerprint density at radius 2 is 2.22 bits per heavy atom. The lowest BCUT2D eigenvalue weighted by molar-refractivity contribution is -0.139. The average Bonchev–Trinajstić information content (AvgIpc) is 2.26. The highest BCUT2D eigenvalue weighted by molar-refractivity contribution is 9.10. The summed E-state index contributed by atoms with van der Waals surface area (Å²) in [6, 6.07) is 3.90. The Morgan fingerprint density at radius 3 is 2.78 bits per heavy atom. The molecule has 18 heavy (non-hydrogen) atoms. The first-order chi connectivity index (χ1) is 8.40. The SMILES string of the molecule is C[C@@H](NCc1ccc(Br)cc1OC(F)F)C(=O)O. The minimum atomic E-state index is -2.92. The van der Waals surface area contributed by atoms with Crippen molar-refractivity contribution in [2.45, 2.75) is 26.1 Å². The van der Waals surface area contributed by atoms with Crippen LogP contribution >= 0.6 is 15.9 Å². The molecule has 0 radical (unpaired) electrons. The molecule has 100 valence electrons. The molecule has 0 fully saturated rings. The number of rotatable bonds is 6. The van der Waals surface area contributed by atoms with Crippen molar-refractivity contribution >= 4 is 21.9 Å². The number of carbonyl (C=O) groups is 1. The van der Waals surface area contributed by atoms with Crippen LogP contribution in [-0.4, -0.2) is 23.7 Å². The van der Waals surface area contributed by atoms with E-state index in [-0.39, 0.29) is 12.3 Å². The van der Waals surface area contributed by atoms with E-state index in [0.717, 1.165) is 0 Å². The lowest BCUT2D eigenvalue weighted by atomic mass is 10.2. The third-order valence-electron chi connectivity index (χ3n) is 2.21. The van der Waals surface area contributed by atoms with Gasteiger partial charge in [-0.2, -0.15) is 8.78 Å². The highest BCUT2D eigenvalue weighted by Crippen LogP contribution is 2.25. The Morgan fingerprint density at radius 1 is 1.56 bits per heavy atom. The van der Waals surface area contributed by atoms with Crippen LogP contribution < -0.4 is 10.1 Å². The number of carboxylic acids is 1. The smallest absolute Gasteiger partial charge is 0.387 e. The zero-order valence-corrected chi connectivity index (χ0v) is 11.1. The minimum absolute atomic E-state index is 0.0180. The molecular weight excluding hydrogens is 312 g/mol. The normalized spacial score (nSPS) is 12.5. The summed E-state index contributed by atoms with van der Waals surface area (Å²) >= 11 is 3.15. The quantitative estimate of drug-likeness (QED) is 0.845. The van der Waals surface area contributed by atoms with Crippen molar-refractivity contribution in [1.29, 1.82) is 0 Å².